The molecular weight excluding hydrogens is 300 g/mol. The Balaban J connectivity index is 1.63. The molecule has 1 aromatic carbocycles. The lowest BCUT2D eigenvalue weighted by molar-refractivity contribution is 0.349. The third kappa shape index (κ3) is 3.93. The Kier molecular flexibility index (Phi) is 5.06. The fourth-order valence-electron chi connectivity index (χ4n) is 2.51. The molecule has 21 heavy (non-hydrogen) atoms. The standard InChI is InChI=1S/C16H19N2OS2/c19-21(17-10-13-18-11-4-5-12-18)16-9-8-15(20-16)14-6-2-1-3-7-14/h1-3,6-9H,4-5,10-13H2/q-1. The molecule has 3 rings (SSSR count). The van der Waals surface area contributed by atoms with Gasteiger partial charge in [-0.15, -0.1) is 0 Å². The quantitative estimate of drug-likeness (QED) is 0.780. The van der Waals surface area contributed by atoms with E-state index >= 15 is 0 Å². The van der Waals surface area contributed by atoms with Crippen LogP contribution in [-0.2, 0) is 14.8 Å². The SMILES string of the molecule is O=[S-](=NCCN1CCCC1)c1ccc(-c2ccccc2)s1. The number of rotatable bonds is 5. The van der Waals surface area contributed by atoms with E-state index in [0.717, 1.165) is 15.6 Å². The molecule has 0 atom stereocenters. The Morgan fingerprint density at radius 3 is 2.62 bits per heavy atom. The van der Waals surface area contributed by atoms with Crippen LogP contribution in [0.25, 0.3) is 10.4 Å². The average molecular weight is 319 g/mol. The molecule has 5 heteroatoms. The summed E-state index contributed by atoms with van der Waals surface area (Å²) < 4.78 is 17.3. The van der Waals surface area contributed by atoms with Crippen LogP contribution >= 0.6 is 11.3 Å². The first-order chi connectivity index (χ1) is 10.3. The van der Waals surface area contributed by atoms with Crippen LogP contribution in [-0.4, -0.2) is 31.1 Å². The number of likely N-dealkylation sites (tertiary alicyclic amines) is 1. The summed E-state index contributed by atoms with van der Waals surface area (Å²) in [5.41, 5.74) is 1.17. The monoisotopic (exact) mass is 319 g/mol. The van der Waals surface area contributed by atoms with E-state index in [2.05, 4.69) is 21.4 Å². The molecule has 1 aliphatic heterocycles. The lowest BCUT2D eigenvalue weighted by Crippen LogP contribution is -2.22. The Morgan fingerprint density at radius 2 is 1.86 bits per heavy atom. The van der Waals surface area contributed by atoms with E-state index in [1.165, 1.54) is 31.5 Å². The van der Waals surface area contributed by atoms with E-state index in [4.69, 9.17) is 0 Å². The summed E-state index contributed by atoms with van der Waals surface area (Å²) in [6.45, 7) is 3.92. The van der Waals surface area contributed by atoms with E-state index in [1.54, 1.807) is 11.3 Å². The zero-order valence-corrected chi connectivity index (χ0v) is 13.5. The molecule has 112 valence electrons. The summed E-state index contributed by atoms with van der Waals surface area (Å²) in [6, 6.07) is 14.2. The van der Waals surface area contributed by atoms with Gasteiger partial charge in [-0.3, -0.25) is 0 Å². The van der Waals surface area contributed by atoms with Gasteiger partial charge in [-0.2, -0.15) is 21.9 Å². The zero-order valence-electron chi connectivity index (χ0n) is 11.9. The van der Waals surface area contributed by atoms with Crippen LogP contribution < -0.4 is 0 Å². The molecule has 3 nitrogen and oxygen atoms in total. The highest BCUT2D eigenvalue weighted by atomic mass is 32.2. The van der Waals surface area contributed by atoms with Crippen molar-refractivity contribution < 1.29 is 4.21 Å². The summed E-state index contributed by atoms with van der Waals surface area (Å²) in [4.78, 5) is 3.54. The van der Waals surface area contributed by atoms with Crippen molar-refractivity contribution in [3.05, 3.63) is 42.5 Å². The van der Waals surface area contributed by atoms with Crippen molar-refractivity contribution >= 4 is 21.9 Å². The predicted molar refractivity (Wildman–Crippen MR) is 89.0 cm³/mol. The molecule has 2 heterocycles. The van der Waals surface area contributed by atoms with Crippen LogP contribution in [0, 0.1) is 0 Å². The van der Waals surface area contributed by atoms with Crippen LogP contribution in [0.5, 0.6) is 0 Å². The number of hydrogen-bond acceptors (Lipinski definition) is 5. The highest BCUT2D eigenvalue weighted by molar-refractivity contribution is 7.77. The minimum Gasteiger partial charge on any atom is -0.439 e. The second-order valence-electron chi connectivity index (χ2n) is 5.14. The lowest BCUT2D eigenvalue weighted by Gasteiger charge is -2.13. The number of thiophene rings is 1. The van der Waals surface area contributed by atoms with Gasteiger partial charge < -0.3 is 13.5 Å². The van der Waals surface area contributed by atoms with Crippen molar-refractivity contribution in [3.63, 3.8) is 0 Å². The minimum absolute atomic E-state index is 0.658. The van der Waals surface area contributed by atoms with Crippen LogP contribution in [0.1, 0.15) is 12.8 Å². The summed E-state index contributed by atoms with van der Waals surface area (Å²) in [7, 11) is -1.22. The smallest absolute Gasteiger partial charge is 0.0326 e. The summed E-state index contributed by atoms with van der Waals surface area (Å²) in [6.07, 6.45) is 2.57. The van der Waals surface area contributed by atoms with Crippen LogP contribution in [0.4, 0.5) is 0 Å². The molecule has 1 aliphatic rings. The van der Waals surface area contributed by atoms with Gasteiger partial charge >= 0.3 is 0 Å². The number of hydrogen-bond donors (Lipinski definition) is 0. The third-order valence-corrected chi connectivity index (χ3v) is 6.14. The van der Waals surface area contributed by atoms with E-state index in [9.17, 15) is 4.21 Å². The van der Waals surface area contributed by atoms with Gasteiger partial charge in [-0.25, -0.2) is 0 Å². The maximum atomic E-state index is 12.2. The topological polar surface area (TPSA) is 32.7 Å². The molecular formula is C16H19N2OS2-. The second-order valence-corrected chi connectivity index (χ2v) is 7.67. The molecule has 0 N–H and O–H groups in total. The molecule has 0 aliphatic carbocycles. The Morgan fingerprint density at radius 1 is 1.10 bits per heavy atom. The van der Waals surface area contributed by atoms with Gasteiger partial charge in [0.05, 0.1) is 0 Å². The van der Waals surface area contributed by atoms with Gasteiger partial charge in [-0.05, 0) is 41.8 Å². The molecule has 0 saturated carbocycles. The first-order valence-electron chi connectivity index (χ1n) is 7.30. The van der Waals surface area contributed by atoms with Crippen LogP contribution in [0.3, 0.4) is 0 Å². The highest BCUT2D eigenvalue weighted by Crippen LogP contribution is 2.28. The third-order valence-electron chi connectivity index (χ3n) is 3.64. The normalized spacial score (nSPS) is 17.3. The van der Waals surface area contributed by atoms with Gasteiger partial charge in [0.2, 0.25) is 0 Å². The average Bonchev–Trinajstić information content (AvgIpc) is 3.20. The first-order valence-corrected chi connectivity index (χ1v) is 9.22. The summed E-state index contributed by atoms with van der Waals surface area (Å²) in [5.74, 6) is 0. The molecule has 1 aromatic heterocycles. The molecule has 0 unspecified atom stereocenters. The number of benzene rings is 1. The Bertz CT molecular complexity index is 654. The van der Waals surface area contributed by atoms with Gasteiger partial charge in [0, 0.05) is 18.0 Å². The van der Waals surface area contributed by atoms with E-state index in [1.807, 2.05) is 30.3 Å². The predicted octanol–water partition coefficient (Wildman–Crippen LogP) is 4.02. The maximum Gasteiger partial charge on any atom is 0.0326 e. The van der Waals surface area contributed by atoms with E-state index in [-0.39, 0.29) is 0 Å². The van der Waals surface area contributed by atoms with E-state index < -0.39 is 10.6 Å². The van der Waals surface area contributed by atoms with E-state index in [0.29, 0.717) is 6.54 Å². The molecule has 1 saturated heterocycles. The van der Waals surface area contributed by atoms with Crippen molar-refractivity contribution in [3.8, 4) is 10.4 Å². The van der Waals surface area contributed by atoms with Gasteiger partial charge in [0.25, 0.3) is 0 Å². The highest BCUT2D eigenvalue weighted by Gasteiger charge is 2.09. The molecule has 0 bridgehead atoms. The van der Waals surface area contributed by atoms with Crippen LogP contribution in [0.15, 0.2) is 51.0 Å². The minimum atomic E-state index is -1.22. The molecule has 0 radical (unpaired) electrons. The Hall–Kier alpha value is -1.17. The zero-order chi connectivity index (χ0) is 14.5. The Labute approximate surface area is 131 Å². The molecule has 1 fully saturated rings. The number of nitrogens with zero attached hydrogens (tertiary/aromatic N) is 2. The molecule has 0 amide bonds. The summed E-state index contributed by atoms with van der Waals surface area (Å²) in [5, 5.41) is 0. The van der Waals surface area contributed by atoms with Crippen molar-refractivity contribution in [1.82, 2.24) is 4.90 Å². The maximum absolute atomic E-state index is 12.2. The van der Waals surface area contributed by atoms with Crippen molar-refractivity contribution in [2.45, 2.75) is 17.1 Å². The van der Waals surface area contributed by atoms with Crippen LogP contribution in [0.2, 0.25) is 0 Å². The lowest BCUT2D eigenvalue weighted by atomic mass is 10.2. The summed E-state index contributed by atoms with van der Waals surface area (Å²) >= 11 is 1.57. The van der Waals surface area contributed by atoms with Gasteiger partial charge in [-0.1, -0.05) is 36.4 Å². The van der Waals surface area contributed by atoms with Crippen molar-refractivity contribution in [1.29, 1.82) is 0 Å². The molecule has 0 spiro atoms. The van der Waals surface area contributed by atoms with Gasteiger partial charge in [0.1, 0.15) is 0 Å². The van der Waals surface area contributed by atoms with Crippen molar-refractivity contribution in [2.24, 2.45) is 4.36 Å². The second kappa shape index (κ2) is 7.20. The van der Waals surface area contributed by atoms with Gasteiger partial charge in [0.15, 0.2) is 0 Å². The fraction of sp³-hybridized carbons (Fsp3) is 0.375. The molecule has 2 aromatic rings. The largest absolute Gasteiger partial charge is 0.439 e. The first kappa shape index (κ1) is 14.8. The van der Waals surface area contributed by atoms with Crippen molar-refractivity contribution in [2.75, 3.05) is 26.2 Å². The fourth-order valence-corrected chi connectivity index (χ4v) is 4.52.